The summed E-state index contributed by atoms with van der Waals surface area (Å²) in [5, 5.41) is 1.38. The standard InChI is InChI=1S/C21H22ClN3O3S2/c1-14-11-19(15(2)25(14)18-7-10-30(27,28)13-18)20(26)12-29-21-23-8-9-24(21)17-5-3-16(22)4-6-17/h3-6,8-9,11,18H,7,10,12-13H2,1-2H3/t18-/m0/s1. The summed E-state index contributed by atoms with van der Waals surface area (Å²) in [5.74, 6) is 0.606. The number of thioether (sulfide) groups is 1. The van der Waals surface area contributed by atoms with Gasteiger partial charge in [-0.1, -0.05) is 23.4 Å². The molecule has 1 aliphatic rings. The molecule has 0 amide bonds. The molecular formula is C21H22ClN3O3S2. The van der Waals surface area contributed by atoms with Crippen molar-refractivity contribution in [3.8, 4) is 5.69 Å². The van der Waals surface area contributed by atoms with E-state index in [2.05, 4.69) is 4.98 Å². The van der Waals surface area contributed by atoms with E-state index in [9.17, 15) is 13.2 Å². The van der Waals surface area contributed by atoms with E-state index in [0.29, 0.717) is 17.0 Å². The van der Waals surface area contributed by atoms with E-state index >= 15 is 0 Å². The van der Waals surface area contributed by atoms with Gasteiger partial charge >= 0.3 is 0 Å². The molecule has 3 aromatic rings. The van der Waals surface area contributed by atoms with Gasteiger partial charge in [-0.15, -0.1) is 0 Å². The molecule has 1 atom stereocenters. The molecule has 1 aliphatic heterocycles. The van der Waals surface area contributed by atoms with Gasteiger partial charge in [0.05, 0.1) is 17.3 Å². The number of hydrogen-bond donors (Lipinski definition) is 0. The van der Waals surface area contributed by atoms with Gasteiger partial charge in [-0.25, -0.2) is 13.4 Å². The number of imidazole rings is 1. The maximum absolute atomic E-state index is 13.0. The number of rotatable bonds is 6. The Bertz CT molecular complexity index is 1200. The van der Waals surface area contributed by atoms with Gasteiger partial charge < -0.3 is 4.57 Å². The summed E-state index contributed by atoms with van der Waals surface area (Å²) in [6.45, 7) is 3.82. The number of carbonyl (C=O) groups excluding carboxylic acids is 1. The van der Waals surface area contributed by atoms with Crippen molar-refractivity contribution < 1.29 is 13.2 Å². The van der Waals surface area contributed by atoms with Crippen molar-refractivity contribution in [2.24, 2.45) is 0 Å². The predicted molar refractivity (Wildman–Crippen MR) is 120 cm³/mol. The van der Waals surface area contributed by atoms with Crippen molar-refractivity contribution in [1.29, 1.82) is 0 Å². The van der Waals surface area contributed by atoms with Gasteiger partial charge in [-0.2, -0.15) is 0 Å². The van der Waals surface area contributed by atoms with Crippen LogP contribution in [-0.2, 0) is 9.84 Å². The molecule has 6 nitrogen and oxygen atoms in total. The minimum absolute atomic E-state index is 0.00543. The molecule has 0 N–H and O–H groups in total. The fraction of sp³-hybridized carbons (Fsp3) is 0.333. The molecule has 0 unspecified atom stereocenters. The molecule has 0 radical (unpaired) electrons. The third-order valence-electron chi connectivity index (χ3n) is 5.40. The van der Waals surface area contributed by atoms with E-state index in [1.807, 2.05) is 59.5 Å². The highest BCUT2D eigenvalue weighted by Gasteiger charge is 2.31. The maximum atomic E-state index is 13.0. The number of halogens is 1. The van der Waals surface area contributed by atoms with Crippen molar-refractivity contribution in [1.82, 2.24) is 14.1 Å². The van der Waals surface area contributed by atoms with Gasteiger partial charge in [-0.3, -0.25) is 9.36 Å². The molecule has 9 heteroatoms. The second-order valence-electron chi connectivity index (χ2n) is 7.48. The average molecular weight is 464 g/mol. The number of aryl methyl sites for hydroxylation is 1. The lowest BCUT2D eigenvalue weighted by atomic mass is 10.2. The molecule has 3 heterocycles. The number of carbonyl (C=O) groups is 1. The number of benzene rings is 1. The Morgan fingerprint density at radius 1 is 1.27 bits per heavy atom. The normalized spacial score (nSPS) is 18.0. The van der Waals surface area contributed by atoms with Gasteiger partial charge in [0.25, 0.3) is 0 Å². The second-order valence-corrected chi connectivity index (χ2v) is 11.1. The topological polar surface area (TPSA) is 74.0 Å². The van der Waals surface area contributed by atoms with Gasteiger partial charge in [-0.05, 0) is 50.6 Å². The van der Waals surface area contributed by atoms with E-state index < -0.39 is 9.84 Å². The molecule has 30 heavy (non-hydrogen) atoms. The fourth-order valence-electron chi connectivity index (χ4n) is 4.00. The van der Waals surface area contributed by atoms with Crippen molar-refractivity contribution in [3.63, 3.8) is 0 Å². The Morgan fingerprint density at radius 2 is 2.00 bits per heavy atom. The summed E-state index contributed by atoms with van der Waals surface area (Å²) in [6.07, 6.45) is 4.15. The third kappa shape index (κ3) is 4.22. The zero-order valence-corrected chi connectivity index (χ0v) is 19.1. The van der Waals surface area contributed by atoms with E-state index in [4.69, 9.17) is 11.6 Å². The van der Waals surface area contributed by atoms with Gasteiger partial charge in [0.15, 0.2) is 20.8 Å². The molecule has 158 valence electrons. The molecule has 1 aromatic carbocycles. The van der Waals surface area contributed by atoms with Crippen LogP contribution in [0.2, 0.25) is 5.02 Å². The summed E-state index contributed by atoms with van der Waals surface area (Å²) in [4.78, 5) is 17.3. The number of hydrogen-bond acceptors (Lipinski definition) is 5. The lowest BCUT2D eigenvalue weighted by Gasteiger charge is -2.16. The number of aromatic nitrogens is 3. The first-order valence-corrected chi connectivity index (χ1v) is 12.8. The van der Waals surface area contributed by atoms with Crippen LogP contribution in [0.5, 0.6) is 0 Å². The van der Waals surface area contributed by atoms with E-state index in [1.165, 1.54) is 11.8 Å². The van der Waals surface area contributed by atoms with Crippen LogP contribution in [0.3, 0.4) is 0 Å². The van der Waals surface area contributed by atoms with E-state index in [0.717, 1.165) is 22.2 Å². The highest BCUT2D eigenvalue weighted by Crippen LogP contribution is 2.30. The van der Waals surface area contributed by atoms with E-state index in [-0.39, 0.29) is 29.1 Å². The lowest BCUT2D eigenvalue weighted by Crippen LogP contribution is -2.14. The van der Waals surface area contributed by atoms with Crippen molar-refractivity contribution in [2.45, 2.75) is 31.5 Å². The van der Waals surface area contributed by atoms with Gasteiger partial charge in [0.2, 0.25) is 0 Å². The Kier molecular flexibility index (Phi) is 5.83. The number of Topliss-reactive ketones (excluding diaryl/α,β-unsaturated/α-hetero) is 1. The van der Waals surface area contributed by atoms with Crippen molar-refractivity contribution >= 4 is 39.0 Å². The third-order valence-corrected chi connectivity index (χ3v) is 8.37. The molecule has 0 spiro atoms. The number of sulfone groups is 1. The average Bonchev–Trinajstić information content (AvgIpc) is 3.38. The highest BCUT2D eigenvalue weighted by molar-refractivity contribution is 7.99. The zero-order valence-electron chi connectivity index (χ0n) is 16.7. The van der Waals surface area contributed by atoms with Crippen LogP contribution in [-0.4, -0.2) is 45.6 Å². The maximum Gasteiger partial charge on any atom is 0.175 e. The summed E-state index contributed by atoms with van der Waals surface area (Å²) >= 11 is 7.34. The molecular weight excluding hydrogens is 442 g/mol. The number of nitrogens with zero attached hydrogens (tertiary/aromatic N) is 3. The number of ketones is 1. The molecule has 0 aliphatic carbocycles. The lowest BCUT2D eigenvalue weighted by molar-refractivity contribution is 0.102. The Morgan fingerprint density at radius 3 is 2.67 bits per heavy atom. The van der Waals surface area contributed by atoms with Crippen LogP contribution in [0.15, 0.2) is 47.9 Å². The van der Waals surface area contributed by atoms with Crippen molar-refractivity contribution in [3.05, 3.63) is 64.7 Å². The predicted octanol–water partition coefficient (Wildman–Crippen LogP) is 4.28. The van der Waals surface area contributed by atoms with E-state index in [1.54, 1.807) is 6.20 Å². The first kappa shape index (κ1) is 21.2. The molecule has 4 rings (SSSR count). The quantitative estimate of drug-likeness (QED) is 0.403. The van der Waals surface area contributed by atoms with Gasteiger partial charge in [0.1, 0.15) is 0 Å². The minimum Gasteiger partial charge on any atom is -0.344 e. The van der Waals surface area contributed by atoms with Crippen LogP contribution in [0, 0.1) is 13.8 Å². The smallest absolute Gasteiger partial charge is 0.175 e. The largest absolute Gasteiger partial charge is 0.344 e. The summed E-state index contributed by atoms with van der Waals surface area (Å²) in [7, 11) is -2.99. The summed E-state index contributed by atoms with van der Waals surface area (Å²) in [5.41, 5.74) is 3.33. The molecule has 2 aromatic heterocycles. The second kappa shape index (κ2) is 8.24. The Hall–Kier alpha value is -2.03. The van der Waals surface area contributed by atoms with Crippen LogP contribution in [0.25, 0.3) is 5.69 Å². The zero-order chi connectivity index (χ0) is 21.5. The van der Waals surface area contributed by atoms with Crippen LogP contribution >= 0.6 is 23.4 Å². The monoisotopic (exact) mass is 463 g/mol. The molecule has 0 bridgehead atoms. The van der Waals surface area contributed by atoms with Gasteiger partial charge in [0, 0.05) is 46.1 Å². The highest BCUT2D eigenvalue weighted by atomic mass is 35.5. The Balaban J connectivity index is 1.50. The van der Waals surface area contributed by atoms with Crippen LogP contribution < -0.4 is 0 Å². The SMILES string of the molecule is Cc1cc(C(=O)CSc2nccn2-c2ccc(Cl)cc2)c(C)n1[C@H]1CCS(=O)(=O)C1. The first-order chi connectivity index (χ1) is 14.2. The van der Waals surface area contributed by atoms with Crippen LogP contribution in [0.1, 0.15) is 34.2 Å². The summed E-state index contributed by atoms with van der Waals surface area (Å²) in [6, 6.07) is 9.21. The molecule has 0 saturated carbocycles. The Labute approximate surface area is 185 Å². The fourth-order valence-corrected chi connectivity index (χ4v) is 6.69. The minimum atomic E-state index is -2.99. The van der Waals surface area contributed by atoms with Crippen molar-refractivity contribution in [2.75, 3.05) is 17.3 Å². The molecule has 1 fully saturated rings. The first-order valence-electron chi connectivity index (χ1n) is 9.59. The van der Waals surface area contributed by atoms with Crippen LogP contribution in [0.4, 0.5) is 0 Å². The molecule has 1 saturated heterocycles. The summed E-state index contributed by atoms with van der Waals surface area (Å²) < 4.78 is 27.7.